The first-order chi connectivity index (χ1) is 13.8. The van der Waals surface area contributed by atoms with Crippen LogP contribution in [0.5, 0.6) is 5.75 Å². The van der Waals surface area contributed by atoms with Gasteiger partial charge in [0.15, 0.2) is 15.6 Å². The topological polar surface area (TPSA) is 60.4 Å². The number of benzene rings is 1. The van der Waals surface area contributed by atoms with Gasteiger partial charge in [0, 0.05) is 12.3 Å². The van der Waals surface area contributed by atoms with Gasteiger partial charge in [0.25, 0.3) is 0 Å². The number of hydrogen-bond donors (Lipinski definition) is 0. The van der Waals surface area contributed by atoms with E-state index in [1.807, 2.05) is 0 Å². The highest BCUT2D eigenvalue weighted by Gasteiger charge is 2.51. The van der Waals surface area contributed by atoms with Gasteiger partial charge in [-0.25, -0.2) is 12.8 Å². The number of ether oxygens (including phenoxy) is 1. The minimum atomic E-state index is -3.50. The lowest BCUT2D eigenvalue weighted by molar-refractivity contribution is 0.101. The Hall–Kier alpha value is -1.43. The van der Waals surface area contributed by atoms with E-state index in [0.29, 0.717) is 18.3 Å². The molecule has 0 saturated heterocycles. The first-order valence-electron chi connectivity index (χ1n) is 11.0. The van der Waals surface area contributed by atoms with Crippen molar-refractivity contribution in [3.05, 3.63) is 29.1 Å². The standard InChI is InChI=1S/C23H29FO4S/c1-29(26,27)12-22(25)20-9-19(14-2-3-14)23(10-21(20)24)28-11-13-6-17-15-4-5-16(8-15)18(17)7-13/h9-10,13-18H,2-8,11-12H2,1H3. The fourth-order valence-corrected chi connectivity index (χ4v) is 7.05. The average molecular weight is 421 g/mol. The fraction of sp³-hybridized carbons (Fsp3) is 0.696. The highest BCUT2D eigenvalue weighted by atomic mass is 32.2. The molecule has 4 aliphatic carbocycles. The number of fused-ring (bicyclic) bond motifs is 5. The summed E-state index contributed by atoms with van der Waals surface area (Å²) in [6, 6.07) is 2.85. The normalized spacial score (nSPS) is 33.1. The first-order valence-corrected chi connectivity index (χ1v) is 13.0. The van der Waals surface area contributed by atoms with Crippen molar-refractivity contribution in [2.75, 3.05) is 18.6 Å². The van der Waals surface area contributed by atoms with Crippen LogP contribution in [0.3, 0.4) is 0 Å². The Kier molecular flexibility index (Phi) is 4.76. The van der Waals surface area contributed by atoms with Crippen molar-refractivity contribution in [3.8, 4) is 5.75 Å². The Labute approximate surface area is 172 Å². The largest absolute Gasteiger partial charge is 0.493 e. The lowest BCUT2D eigenvalue weighted by Gasteiger charge is -2.23. The van der Waals surface area contributed by atoms with Gasteiger partial charge in [-0.1, -0.05) is 0 Å². The molecule has 4 saturated carbocycles. The summed E-state index contributed by atoms with van der Waals surface area (Å²) in [6.07, 6.45) is 9.69. The third-order valence-corrected chi connectivity index (χ3v) is 8.56. The summed E-state index contributed by atoms with van der Waals surface area (Å²) in [5.74, 6) is 2.93. The second-order valence-electron chi connectivity index (χ2n) is 9.95. The third-order valence-electron chi connectivity index (χ3n) is 7.77. The van der Waals surface area contributed by atoms with E-state index in [4.69, 9.17) is 4.74 Å². The molecule has 29 heavy (non-hydrogen) atoms. The van der Waals surface area contributed by atoms with Crippen LogP contribution in [-0.2, 0) is 9.84 Å². The van der Waals surface area contributed by atoms with E-state index in [0.717, 1.165) is 48.3 Å². The van der Waals surface area contributed by atoms with Crippen molar-refractivity contribution in [1.82, 2.24) is 0 Å². The van der Waals surface area contributed by atoms with Crippen molar-refractivity contribution in [1.29, 1.82) is 0 Å². The molecule has 0 heterocycles. The average Bonchev–Trinajstić information content (AvgIpc) is 3.09. The van der Waals surface area contributed by atoms with Crippen LogP contribution in [0.2, 0.25) is 0 Å². The van der Waals surface area contributed by atoms with E-state index in [9.17, 15) is 17.6 Å². The minimum Gasteiger partial charge on any atom is -0.493 e. The molecule has 1 aromatic carbocycles. The Bertz CT molecular complexity index is 918. The summed E-state index contributed by atoms with van der Waals surface area (Å²) in [4.78, 5) is 12.3. The number of ketones is 1. The quantitative estimate of drug-likeness (QED) is 0.614. The number of halogens is 1. The number of carbonyl (C=O) groups excluding carboxylic acids is 1. The molecule has 4 nitrogen and oxygen atoms in total. The SMILES string of the molecule is CS(=O)(=O)CC(=O)c1cc(C2CC2)c(OCC2CC3C4CCC(C4)C3C2)cc1F. The van der Waals surface area contributed by atoms with Crippen LogP contribution in [0.15, 0.2) is 12.1 Å². The summed E-state index contributed by atoms with van der Waals surface area (Å²) < 4.78 is 43.6. The molecule has 0 aliphatic heterocycles. The first kappa shape index (κ1) is 19.5. The summed E-state index contributed by atoms with van der Waals surface area (Å²) in [5.41, 5.74) is 0.734. The van der Waals surface area contributed by atoms with Crippen LogP contribution >= 0.6 is 0 Å². The van der Waals surface area contributed by atoms with Gasteiger partial charge in [-0.3, -0.25) is 4.79 Å². The van der Waals surface area contributed by atoms with Crippen molar-refractivity contribution < 1.29 is 22.3 Å². The zero-order valence-corrected chi connectivity index (χ0v) is 17.7. The molecule has 0 amide bonds. The zero-order chi connectivity index (χ0) is 20.3. The molecule has 4 fully saturated rings. The molecule has 4 atom stereocenters. The highest BCUT2D eigenvalue weighted by molar-refractivity contribution is 7.91. The van der Waals surface area contributed by atoms with Crippen LogP contribution in [0.4, 0.5) is 4.39 Å². The molecular weight excluding hydrogens is 391 g/mol. The third kappa shape index (κ3) is 3.85. The number of rotatable bonds is 7. The predicted molar refractivity (Wildman–Crippen MR) is 108 cm³/mol. The van der Waals surface area contributed by atoms with Gasteiger partial charge >= 0.3 is 0 Å². The van der Waals surface area contributed by atoms with Crippen molar-refractivity contribution in [3.63, 3.8) is 0 Å². The zero-order valence-electron chi connectivity index (χ0n) is 16.9. The molecule has 5 rings (SSSR count). The van der Waals surface area contributed by atoms with Crippen molar-refractivity contribution in [2.24, 2.45) is 29.6 Å². The van der Waals surface area contributed by atoms with E-state index < -0.39 is 27.2 Å². The maximum Gasteiger partial charge on any atom is 0.180 e. The van der Waals surface area contributed by atoms with Crippen LogP contribution in [0, 0.1) is 35.4 Å². The minimum absolute atomic E-state index is 0.128. The van der Waals surface area contributed by atoms with E-state index in [-0.39, 0.29) is 11.5 Å². The maximum atomic E-state index is 14.6. The van der Waals surface area contributed by atoms with E-state index in [2.05, 4.69) is 0 Å². The van der Waals surface area contributed by atoms with Gasteiger partial charge in [-0.15, -0.1) is 0 Å². The summed E-state index contributed by atoms with van der Waals surface area (Å²) in [5, 5.41) is 0. The smallest absolute Gasteiger partial charge is 0.180 e. The number of Topliss-reactive ketones (excluding diaryl/α,β-unsaturated/α-hetero) is 1. The Morgan fingerprint density at radius 3 is 2.31 bits per heavy atom. The summed E-state index contributed by atoms with van der Waals surface area (Å²) >= 11 is 0. The van der Waals surface area contributed by atoms with Gasteiger partial charge < -0.3 is 4.74 Å². The molecule has 0 aromatic heterocycles. The molecule has 158 valence electrons. The van der Waals surface area contributed by atoms with E-state index in [1.54, 1.807) is 6.07 Å². The molecular formula is C23H29FO4S. The summed E-state index contributed by atoms with van der Waals surface area (Å²) in [7, 11) is -3.50. The summed E-state index contributed by atoms with van der Waals surface area (Å²) in [6.45, 7) is 0.613. The number of sulfone groups is 1. The monoisotopic (exact) mass is 420 g/mol. The lowest BCUT2D eigenvalue weighted by Crippen LogP contribution is -2.17. The molecule has 2 bridgehead atoms. The van der Waals surface area contributed by atoms with Gasteiger partial charge in [0.05, 0.1) is 12.2 Å². The maximum absolute atomic E-state index is 14.6. The van der Waals surface area contributed by atoms with Gasteiger partial charge in [0.1, 0.15) is 17.3 Å². The molecule has 6 heteroatoms. The molecule has 1 aromatic rings. The molecule has 4 unspecified atom stereocenters. The van der Waals surface area contributed by atoms with Crippen LogP contribution < -0.4 is 4.74 Å². The van der Waals surface area contributed by atoms with Crippen LogP contribution in [0.25, 0.3) is 0 Å². The van der Waals surface area contributed by atoms with Gasteiger partial charge in [-0.05, 0) is 92.1 Å². The second-order valence-corrected chi connectivity index (χ2v) is 12.1. The predicted octanol–water partition coefficient (Wildman–Crippen LogP) is 4.38. The number of carbonyl (C=O) groups is 1. The Balaban J connectivity index is 1.30. The second kappa shape index (κ2) is 7.07. The van der Waals surface area contributed by atoms with Gasteiger partial charge in [0.2, 0.25) is 0 Å². The Morgan fingerprint density at radius 2 is 1.72 bits per heavy atom. The van der Waals surface area contributed by atoms with Crippen molar-refractivity contribution >= 4 is 15.6 Å². The van der Waals surface area contributed by atoms with Crippen LogP contribution in [-0.4, -0.2) is 32.8 Å². The fourth-order valence-electron chi connectivity index (χ4n) is 6.41. The van der Waals surface area contributed by atoms with Gasteiger partial charge in [-0.2, -0.15) is 0 Å². The molecule has 0 spiro atoms. The molecule has 0 radical (unpaired) electrons. The van der Waals surface area contributed by atoms with Crippen molar-refractivity contribution in [2.45, 2.75) is 50.9 Å². The molecule has 0 N–H and O–H groups in total. The molecule has 4 aliphatic rings. The van der Waals surface area contributed by atoms with E-state index >= 15 is 0 Å². The van der Waals surface area contributed by atoms with E-state index in [1.165, 1.54) is 38.2 Å². The van der Waals surface area contributed by atoms with Crippen LogP contribution in [0.1, 0.15) is 66.8 Å². The number of hydrogen-bond acceptors (Lipinski definition) is 4. The lowest BCUT2D eigenvalue weighted by atomic mass is 9.82. The highest BCUT2D eigenvalue weighted by Crippen LogP contribution is 2.60. The Morgan fingerprint density at radius 1 is 1.07 bits per heavy atom.